The van der Waals surface area contributed by atoms with Crippen LogP contribution < -0.4 is 11.1 Å². The zero-order valence-corrected chi connectivity index (χ0v) is 12.8. The molecular weight excluding hydrogens is 294 g/mol. The van der Waals surface area contributed by atoms with Crippen LogP contribution in [0.1, 0.15) is 41.3 Å². The molecule has 2 aliphatic heterocycles. The molecule has 2 atom stereocenters. The van der Waals surface area contributed by atoms with Gasteiger partial charge in [-0.25, -0.2) is 0 Å². The van der Waals surface area contributed by atoms with E-state index in [1.165, 1.54) is 4.90 Å². The molecule has 0 aromatic heterocycles. The summed E-state index contributed by atoms with van der Waals surface area (Å²) in [5.41, 5.74) is 7.78. The fourth-order valence-corrected chi connectivity index (χ4v) is 2.89. The SMILES string of the molecule is CC(N)C#Cc1cccc2c1CN(C1CCC(=O)NC1=O)C2=O. The van der Waals surface area contributed by atoms with E-state index < -0.39 is 11.9 Å². The molecule has 6 nitrogen and oxygen atoms in total. The summed E-state index contributed by atoms with van der Waals surface area (Å²) in [5, 5.41) is 2.29. The molecule has 0 spiro atoms. The molecule has 1 aromatic carbocycles. The number of nitrogens with zero attached hydrogens (tertiary/aromatic N) is 1. The van der Waals surface area contributed by atoms with E-state index in [4.69, 9.17) is 5.73 Å². The Morgan fingerprint density at radius 3 is 2.83 bits per heavy atom. The number of rotatable bonds is 1. The van der Waals surface area contributed by atoms with Gasteiger partial charge < -0.3 is 10.6 Å². The third-order valence-corrected chi connectivity index (χ3v) is 4.02. The van der Waals surface area contributed by atoms with E-state index in [-0.39, 0.29) is 24.3 Å². The van der Waals surface area contributed by atoms with Crippen LogP contribution in [-0.2, 0) is 16.1 Å². The number of fused-ring (bicyclic) bond motifs is 1. The van der Waals surface area contributed by atoms with Crippen molar-refractivity contribution in [2.45, 2.75) is 38.4 Å². The molecule has 2 aliphatic rings. The third-order valence-electron chi connectivity index (χ3n) is 4.02. The molecule has 3 amide bonds. The number of nitrogens with two attached hydrogens (primary N) is 1. The van der Waals surface area contributed by atoms with E-state index in [0.717, 1.165) is 11.1 Å². The molecule has 23 heavy (non-hydrogen) atoms. The minimum Gasteiger partial charge on any atom is -0.322 e. The van der Waals surface area contributed by atoms with Crippen LogP contribution in [0.3, 0.4) is 0 Å². The molecule has 3 rings (SSSR count). The molecule has 0 saturated carbocycles. The smallest absolute Gasteiger partial charge is 0.255 e. The van der Waals surface area contributed by atoms with Gasteiger partial charge in [-0.1, -0.05) is 17.9 Å². The number of carbonyl (C=O) groups is 3. The number of hydrogen-bond donors (Lipinski definition) is 2. The van der Waals surface area contributed by atoms with Crippen LogP contribution in [0.4, 0.5) is 0 Å². The first-order valence-electron chi connectivity index (χ1n) is 7.51. The maximum absolute atomic E-state index is 12.6. The highest BCUT2D eigenvalue weighted by Crippen LogP contribution is 2.29. The Morgan fingerprint density at radius 2 is 2.13 bits per heavy atom. The lowest BCUT2D eigenvalue weighted by Gasteiger charge is -2.29. The largest absolute Gasteiger partial charge is 0.322 e. The van der Waals surface area contributed by atoms with Gasteiger partial charge in [0.15, 0.2) is 0 Å². The summed E-state index contributed by atoms with van der Waals surface area (Å²) in [6.45, 7) is 2.11. The fourth-order valence-electron chi connectivity index (χ4n) is 2.89. The van der Waals surface area contributed by atoms with Crippen molar-refractivity contribution < 1.29 is 14.4 Å². The van der Waals surface area contributed by atoms with Crippen LogP contribution in [0.5, 0.6) is 0 Å². The van der Waals surface area contributed by atoms with Gasteiger partial charge in [-0.05, 0) is 31.0 Å². The molecule has 1 fully saturated rings. The lowest BCUT2D eigenvalue weighted by Crippen LogP contribution is -2.52. The molecule has 3 N–H and O–H groups in total. The van der Waals surface area contributed by atoms with Gasteiger partial charge in [-0.3, -0.25) is 19.7 Å². The number of hydrogen-bond acceptors (Lipinski definition) is 4. The fraction of sp³-hybridized carbons (Fsp3) is 0.353. The summed E-state index contributed by atoms with van der Waals surface area (Å²) in [6, 6.07) is 4.49. The van der Waals surface area contributed by atoms with Gasteiger partial charge >= 0.3 is 0 Å². The summed E-state index contributed by atoms with van der Waals surface area (Å²) < 4.78 is 0. The highest BCUT2D eigenvalue weighted by atomic mass is 16.2. The zero-order chi connectivity index (χ0) is 16.6. The van der Waals surface area contributed by atoms with Gasteiger partial charge in [-0.15, -0.1) is 0 Å². The van der Waals surface area contributed by atoms with Crippen LogP contribution in [0.2, 0.25) is 0 Å². The first-order valence-corrected chi connectivity index (χ1v) is 7.51. The van der Waals surface area contributed by atoms with Crippen molar-refractivity contribution in [3.8, 4) is 11.8 Å². The Bertz CT molecular complexity index is 758. The molecule has 0 aliphatic carbocycles. The van der Waals surface area contributed by atoms with Gasteiger partial charge in [0.2, 0.25) is 11.8 Å². The minimum atomic E-state index is -0.609. The number of benzene rings is 1. The quantitative estimate of drug-likeness (QED) is 0.570. The molecule has 2 unspecified atom stereocenters. The van der Waals surface area contributed by atoms with Crippen LogP contribution in [0, 0.1) is 11.8 Å². The molecule has 6 heteroatoms. The number of amides is 3. The lowest BCUT2D eigenvalue weighted by molar-refractivity contribution is -0.136. The monoisotopic (exact) mass is 311 g/mol. The standard InChI is InChI=1S/C17H17N3O3/c1-10(18)5-6-11-3-2-4-12-13(11)9-20(17(12)23)14-7-8-15(21)19-16(14)22/h2-4,10,14H,7-9,18H2,1H3,(H,19,21,22). The molecule has 1 aromatic rings. The van der Waals surface area contributed by atoms with E-state index >= 15 is 0 Å². The van der Waals surface area contributed by atoms with Crippen molar-refractivity contribution in [1.29, 1.82) is 0 Å². The second kappa shape index (κ2) is 5.86. The van der Waals surface area contributed by atoms with E-state index in [9.17, 15) is 14.4 Å². The van der Waals surface area contributed by atoms with Crippen molar-refractivity contribution in [2.24, 2.45) is 5.73 Å². The van der Waals surface area contributed by atoms with Crippen molar-refractivity contribution in [3.05, 3.63) is 34.9 Å². The van der Waals surface area contributed by atoms with Crippen LogP contribution >= 0.6 is 0 Å². The Hall–Kier alpha value is -2.65. The number of piperidine rings is 1. The van der Waals surface area contributed by atoms with Crippen molar-refractivity contribution >= 4 is 17.7 Å². The Kier molecular flexibility index (Phi) is 3.89. The van der Waals surface area contributed by atoms with E-state index in [2.05, 4.69) is 17.2 Å². The van der Waals surface area contributed by atoms with Crippen molar-refractivity contribution in [1.82, 2.24) is 10.2 Å². The van der Waals surface area contributed by atoms with Crippen molar-refractivity contribution in [3.63, 3.8) is 0 Å². The van der Waals surface area contributed by atoms with Crippen LogP contribution in [-0.4, -0.2) is 34.7 Å². The highest BCUT2D eigenvalue weighted by molar-refractivity contribution is 6.05. The van der Waals surface area contributed by atoms with Gasteiger partial charge in [0.1, 0.15) is 6.04 Å². The summed E-state index contributed by atoms with van der Waals surface area (Å²) in [4.78, 5) is 37.4. The maximum Gasteiger partial charge on any atom is 0.255 e. The number of imide groups is 1. The van der Waals surface area contributed by atoms with E-state index in [1.54, 1.807) is 19.1 Å². The maximum atomic E-state index is 12.6. The zero-order valence-electron chi connectivity index (χ0n) is 12.8. The van der Waals surface area contributed by atoms with E-state index in [0.29, 0.717) is 18.5 Å². The van der Waals surface area contributed by atoms with Crippen molar-refractivity contribution in [2.75, 3.05) is 0 Å². The average molecular weight is 311 g/mol. The van der Waals surface area contributed by atoms with Crippen LogP contribution in [0.15, 0.2) is 18.2 Å². The molecule has 1 saturated heterocycles. The molecule has 118 valence electrons. The summed E-state index contributed by atoms with van der Waals surface area (Å²) in [6.07, 6.45) is 0.596. The van der Waals surface area contributed by atoms with Gasteiger partial charge in [-0.2, -0.15) is 0 Å². The lowest BCUT2D eigenvalue weighted by atomic mass is 10.0. The molecule has 0 radical (unpaired) electrons. The Morgan fingerprint density at radius 1 is 1.35 bits per heavy atom. The predicted molar refractivity (Wildman–Crippen MR) is 83.0 cm³/mol. The summed E-state index contributed by atoms with van der Waals surface area (Å²) >= 11 is 0. The number of carbonyl (C=O) groups excluding carboxylic acids is 3. The first-order chi connectivity index (χ1) is 11.0. The Balaban J connectivity index is 1.90. The minimum absolute atomic E-state index is 0.195. The highest BCUT2D eigenvalue weighted by Gasteiger charge is 2.39. The van der Waals surface area contributed by atoms with Gasteiger partial charge in [0.05, 0.1) is 6.04 Å². The molecular formula is C17H17N3O3. The average Bonchev–Trinajstić information content (AvgIpc) is 2.83. The topological polar surface area (TPSA) is 92.5 Å². The van der Waals surface area contributed by atoms with E-state index in [1.807, 2.05) is 6.07 Å². The Labute approximate surface area is 134 Å². The molecule has 0 bridgehead atoms. The molecule has 2 heterocycles. The predicted octanol–water partition coefficient (Wildman–Crippen LogP) is 0.146. The number of nitrogens with one attached hydrogen (secondary N) is 1. The third kappa shape index (κ3) is 2.83. The van der Waals surface area contributed by atoms with Crippen LogP contribution in [0.25, 0.3) is 0 Å². The summed E-state index contributed by atoms with van der Waals surface area (Å²) in [5.74, 6) is 4.99. The first kappa shape index (κ1) is 15.3. The normalized spacial score (nSPS) is 21.4. The second-order valence-corrected chi connectivity index (χ2v) is 5.79. The second-order valence-electron chi connectivity index (χ2n) is 5.79. The van der Waals surface area contributed by atoms with Gasteiger partial charge in [0, 0.05) is 24.1 Å². The van der Waals surface area contributed by atoms with Gasteiger partial charge in [0.25, 0.3) is 5.91 Å². The summed E-state index contributed by atoms with van der Waals surface area (Å²) in [7, 11) is 0.